The maximum atomic E-state index is 11.0. The molecule has 0 bridgehead atoms. The highest BCUT2D eigenvalue weighted by molar-refractivity contribution is 5.72. The van der Waals surface area contributed by atoms with Gasteiger partial charge in [0.05, 0.1) is 5.92 Å². The first-order chi connectivity index (χ1) is 7.61. The first-order valence-electron chi connectivity index (χ1n) is 6.56. The molecule has 0 saturated heterocycles. The highest BCUT2D eigenvalue weighted by Gasteiger charge is 2.42. The number of aliphatic carboxylic acids is 1. The Balaban J connectivity index is 1.95. The molecule has 4 atom stereocenters. The molecule has 1 N–H and O–H groups in total. The van der Waals surface area contributed by atoms with Gasteiger partial charge in [0.2, 0.25) is 0 Å². The molecule has 3 nitrogen and oxygen atoms in total. The van der Waals surface area contributed by atoms with E-state index in [9.17, 15) is 4.79 Å². The quantitative estimate of drug-likeness (QED) is 0.801. The predicted octanol–water partition coefficient (Wildman–Crippen LogP) is 2.36. The molecule has 0 amide bonds. The summed E-state index contributed by atoms with van der Waals surface area (Å²) in [7, 11) is 2.13. The normalized spacial score (nSPS) is 39.4. The van der Waals surface area contributed by atoms with E-state index in [0.29, 0.717) is 12.1 Å². The van der Waals surface area contributed by atoms with Gasteiger partial charge >= 0.3 is 5.97 Å². The molecule has 2 fully saturated rings. The second-order valence-corrected chi connectivity index (χ2v) is 5.58. The standard InChI is InChI=1S/C13H23NO2/c1-9-5-3-4-6-11(9)14(2)12-8-7-10(12)13(15)16/h9-12H,3-8H2,1-2H3,(H,15,16). The summed E-state index contributed by atoms with van der Waals surface area (Å²) in [4.78, 5) is 13.4. The fourth-order valence-corrected chi connectivity index (χ4v) is 3.41. The summed E-state index contributed by atoms with van der Waals surface area (Å²) >= 11 is 0. The lowest BCUT2D eigenvalue weighted by Gasteiger charge is -2.47. The Morgan fingerprint density at radius 2 is 1.81 bits per heavy atom. The topological polar surface area (TPSA) is 40.5 Å². The van der Waals surface area contributed by atoms with Crippen LogP contribution in [0.1, 0.15) is 45.4 Å². The molecule has 0 aromatic heterocycles. The van der Waals surface area contributed by atoms with Crippen LogP contribution in [0, 0.1) is 11.8 Å². The Morgan fingerprint density at radius 3 is 2.31 bits per heavy atom. The number of rotatable bonds is 3. The van der Waals surface area contributed by atoms with Crippen molar-refractivity contribution in [2.45, 2.75) is 57.5 Å². The largest absolute Gasteiger partial charge is 0.481 e. The fourth-order valence-electron chi connectivity index (χ4n) is 3.41. The third-order valence-electron chi connectivity index (χ3n) is 4.67. The number of carboxylic acids is 1. The van der Waals surface area contributed by atoms with Crippen LogP contribution in [0.5, 0.6) is 0 Å². The van der Waals surface area contributed by atoms with Crippen molar-refractivity contribution in [1.29, 1.82) is 0 Å². The summed E-state index contributed by atoms with van der Waals surface area (Å²) in [5.41, 5.74) is 0. The minimum Gasteiger partial charge on any atom is -0.481 e. The Labute approximate surface area is 97.8 Å². The maximum absolute atomic E-state index is 11.0. The van der Waals surface area contributed by atoms with Gasteiger partial charge in [0.15, 0.2) is 0 Å². The molecule has 3 heteroatoms. The first kappa shape index (κ1) is 11.9. The predicted molar refractivity (Wildman–Crippen MR) is 63.3 cm³/mol. The Kier molecular flexibility index (Phi) is 3.53. The Hall–Kier alpha value is -0.570. The fraction of sp³-hybridized carbons (Fsp3) is 0.923. The molecule has 0 heterocycles. The molecule has 0 aromatic carbocycles. The highest BCUT2D eigenvalue weighted by Crippen LogP contribution is 2.37. The van der Waals surface area contributed by atoms with Gasteiger partial charge in [-0.25, -0.2) is 0 Å². The average molecular weight is 225 g/mol. The average Bonchev–Trinajstić information content (AvgIpc) is 2.15. The van der Waals surface area contributed by atoms with Gasteiger partial charge in [-0.15, -0.1) is 0 Å². The van der Waals surface area contributed by atoms with Crippen molar-refractivity contribution >= 4 is 5.97 Å². The summed E-state index contributed by atoms with van der Waals surface area (Å²) in [6.45, 7) is 2.31. The van der Waals surface area contributed by atoms with Gasteiger partial charge in [-0.05, 0) is 38.6 Å². The van der Waals surface area contributed by atoms with Crippen molar-refractivity contribution < 1.29 is 9.90 Å². The summed E-state index contributed by atoms with van der Waals surface area (Å²) in [6, 6.07) is 0.906. The van der Waals surface area contributed by atoms with Crippen molar-refractivity contribution in [2.24, 2.45) is 11.8 Å². The molecule has 2 aliphatic carbocycles. The Morgan fingerprint density at radius 1 is 1.12 bits per heavy atom. The van der Waals surface area contributed by atoms with Crippen LogP contribution in [0.3, 0.4) is 0 Å². The second kappa shape index (κ2) is 4.74. The zero-order chi connectivity index (χ0) is 11.7. The number of carboxylic acid groups (broad SMARTS) is 1. The molecule has 0 radical (unpaired) electrons. The van der Waals surface area contributed by atoms with Crippen LogP contribution < -0.4 is 0 Å². The van der Waals surface area contributed by atoms with E-state index < -0.39 is 5.97 Å². The van der Waals surface area contributed by atoms with E-state index in [2.05, 4.69) is 18.9 Å². The van der Waals surface area contributed by atoms with Crippen LogP contribution in [-0.4, -0.2) is 35.1 Å². The molecular weight excluding hydrogens is 202 g/mol. The third-order valence-corrected chi connectivity index (χ3v) is 4.67. The van der Waals surface area contributed by atoms with Gasteiger partial charge in [-0.1, -0.05) is 19.8 Å². The van der Waals surface area contributed by atoms with E-state index >= 15 is 0 Å². The highest BCUT2D eigenvalue weighted by atomic mass is 16.4. The summed E-state index contributed by atoms with van der Waals surface area (Å²) in [5.74, 6) is 0.0134. The maximum Gasteiger partial charge on any atom is 0.308 e. The van der Waals surface area contributed by atoms with E-state index in [1.54, 1.807) is 0 Å². The lowest BCUT2D eigenvalue weighted by Crippen LogP contribution is -2.54. The number of hydrogen-bond acceptors (Lipinski definition) is 2. The number of nitrogens with zero attached hydrogens (tertiary/aromatic N) is 1. The molecular formula is C13H23NO2. The van der Waals surface area contributed by atoms with Crippen LogP contribution in [0.2, 0.25) is 0 Å². The van der Waals surface area contributed by atoms with Crippen molar-refractivity contribution in [3.63, 3.8) is 0 Å². The van der Waals surface area contributed by atoms with Crippen molar-refractivity contribution in [3.8, 4) is 0 Å². The summed E-state index contributed by atoms with van der Waals surface area (Å²) < 4.78 is 0. The van der Waals surface area contributed by atoms with Gasteiger partial charge in [0, 0.05) is 12.1 Å². The smallest absolute Gasteiger partial charge is 0.308 e. The van der Waals surface area contributed by atoms with Crippen molar-refractivity contribution in [1.82, 2.24) is 4.90 Å². The zero-order valence-corrected chi connectivity index (χ0v) is 10.4. The van der Waals surface area contributed by atoms with Crippen LogP contribution in [0.4, 0.5) is 0 Å². The Bertz CT molecular complexity index is 267. The minimum absolute atomic E-state index is 0.112. The number of carbonyl (C=O) groups is 1. The van der Waals surface area contributed by atoms with Gasteiger partial charge < -0.3 is 5.11 Å². The number of hydrogen-bond donors (Lipinski definition) is 1. The van der Waals surface area contributed by atoms with Gasteiger partial charge in [-0.3, -0.25) is 9.69 Å². The third kappa shape index (κ3) is 2.10. The van der Waals surface area contributed by atoms with Crippen LogP contribution in [-0.2, 0) is 4.79 Å². The molecule has 2 aliphatic rings. The lowest BCUT2D eigenvalue weighted by molar-refractivity contribution is -0.149. The molecule has 2 saturated carbocycles. The molecule has 2 rings (SSSR count). The van der Waals surface area contributed by atoms with E-state index in [-0.39, 0.29) is 5.92 Å². The van der Waals surface area contributed by atoms with Crippen molar-refractivity contribution in [2.75, 3.05) is 7.05 Å². The van der Waals surface area contributed by atoms with E-state index in [1.165, 1.54) is 25.7 Å². The summed E-state index contributed by atoms with van der Waals surface area (Å²) in [5, 5.41) is 9.09. The lowest BCUT2D eigenvalue weighted by atomic mass is 9.76. The molecule has 92 valence electrons. The van der Waals surface area contributed by atoms with Gasteiger partial charge in [-0.2, -0.15) is 0 Å². The molecule has 0 aliphatic heterocycles. The van der Waals surface area contributed by atoms with Crippen LogP contribution >= 0.6 is 0 Å². The monoisotopic (exact) mass is 225 g/mol. The van der Waals surface area contributed by atoms with E-state index in [0.717, 1.165) is 18.8 Å². The van der Waals surface area contributed by atoms with Crippen molar-refractivity contribution in [3.05, 3.63) is 0 Å². The molecule has 4 unspecified atom stereocenters. The van der Waals surface area contributed by atoms with Crippen LogP contribution in [0.15, 0.2) is 0 Å². The van der Waals surface area contributed by atoms with Crippen LogP contribution in [0.25, 0.3) is 0 Å². The summed E-state index contributed by atoms with van der Waals surface area (Å²) in [6.07, 6.45) is 7.14. The molecule has 0 aromatic rings. The van der Waals surface area contributed by atoms with E-state index in [1.807, 2.05) is 0 Å². The first-order valence-corrected chi connectivity index (χ1v) is 6.56. The van der Waals surface area contributed by atoms with E-state index in [4.69, 9.17) is 5.11 Å². The minimum atomic E-state index is -0.605. The van der Waals surface area contributed by atoms with Gasteiger partial charge in [0.1, 0.15) is 0 Å². The second-order valence-electron chi connectivity index (χ2n) is 5.58. The molecule has 16 heavy (non-hydrogen) atoms. The zero-order valence-electron chi connectivity index (χ0n) is 10.4. The SMILES string of the molecule is CC1CCCCC1N(C)C1CCC1C(=O)O. The van der Waals surface area contributed by atoms with Gasteiger partial charge in [0.25, 0.3) is 0 Å². The molecule has 0 spiro atoms.